The Morgan fingerprint density at radius 3 is 2.53 bits per heavy atom. The summed E-state index contributed by atoms with van der Waals surface area (Å²) in [6.45, 7) is 7.43. The lowest BCUT2D eigenvalue weighted by Gasteiger charge is -2.37. The van der Waals surface area contributed by atoms with E-state index in [1.165, 1.54) is 0 Å². The molecule has 0 atom stereocenters. The number of rotatable bonds is 6. The number of amides is 1. The van der Waals surface area contributed by atoms with E-state index in [9.17, 15) is 9.90 Å². The first-order valence-corrected chi connectivity index (χ1v) is 6.35. The van der Waals surface area contributed by atoms with E-state index < -0.39 is 5.60 Å². The van der Waals surface area contributed by atoms with Crippen LogP contribution in [0.5, 0.6) is 0 Å². The van der Waals surface area contributed by atoms with E-state index in [0.29, 0.717) is 12.5 Å². The third kappa shape index (κ3) is 5.48. The molecule has 5 heteroatoms. The number of carbonyl (C=O) groups is 1. The fourth-order valence-electron chi connectivity index (χ4n) is 2.39. The zero-order valence-corrected chi connectivity index (χ0v) is 10.9. The molecule has 1 fully saturated rings. The van der Waals surface area contributed by atoms with Gasteiger partial charge in [-0.3, -0.25) is 9.69 Å². The van der Waals surface area contributed by atoms with Gasteiger partial charge in [0.25, 0.3) is 0 Å². The van der Waals surface area contributed by atoms with E-state index in [1.807, 2.05) is 4.90 Å². The topological polar surface area (TPSA) is 78.6 Å². The number of hydrogen-bond acceptors (Lipinski definition) is 4. The average molecular weight is 243 g/mol. The molecule has 0 saturated carbocycles. The van der Waals surface area contributed by atoms with E-state index in [2.05, 4.69) is 19.2 Å². The second-order valence-electron chi connectivity index (χ2n) is 5.50. The fraction of sp³-hybridized carbons (Fsp3) is 0.917. The van der Waals surface area contributed by atoms with Crippen molar-refractivity contribution in [3.63, 3.8) is 0 Å². The smallest absolute Gasteiger partial charge is 0.231 e. The zero-order valence-electron chi connectivity index (χ0n) is 10.9. The molecule has 1 rings (SSSR count). The predicted octanol–water partition coefficient (Wildman–Crippen LogP) is -0.456. The van der Waals surface area contributed by atoms with Crippen molar-refractivity contribution in [2.75, 3.05) is 32.7 Å². The van der Waals surface area contributed by atoms with Crippen LogP contribution in [0.3, 0.4) is 0 Å². The summed E-state index contributed by atoms with van der Waals surface area (Å²) in [4.78, 5) is 13.0. The van der Waals surface area contributed by atoms with Crippen LogP contribution in [0, 0.1) is 5.92 Å². The maximum atomic E-state index is 11.0. The van der Waals surface area contributed by atoms with Crippen LogP contribution >= 0.6 is 0 Å². The Bertz CT molecular complexity index is 250. The van der Waals surface area contributed by atoms with Crippen molar-refractivity contribution in [2.24, 2.45) is 11.7 Å². The summed E-state index contributed by atoms with van der Waals surface area (Å²) in [5.74, 6) is 0.128. The number of nitrogens with one attached hydrogen (secondary N) is 1. The Morgan fingerprint density at radius 2 is 2.06 bits per heavy atom. The van der Waals surface area contributed by atoms with Crippen LogP contribution in [0.25, 0.3) is 0 Å². The van der Waals surface area contributed by atoms with Gasteiger partial charge in [0.1, 0.15) is 0 Å². The van der Waals surface area contributed by atoms with Gasteiger partial charge in [0, 0.05) is 13.1 Å². The second-order valence-corrected chi connectivity index (χ2v) is 5.50. The molecular formula is C12H25N3O2. The first kappa shape index (κ1) is 14.4. The summed E-state index contributed by atoms with van der Waals surface area (Å²) in [5, 5.41) is 13.7. The quantitative estimate of drug-likeness (QED) is 0.590. The molecule has 0 aromatic carbocycles. The molecule has 17 heavy (non-hydrogen) atoms. The standard InChI is InChI=1S/C12H25N3O2/c1-10(2)7-15(8-11(13)16)9-12(17)3-5-14-6-4-12/h10,14,17H,3-9H2,1-2H3,(H2,13,16). The number of hydrogen-bond donors (Lipinski definition) is 3. The minimum atomic E-state index is -0.671. The fourth-order valence-corrected chi connectivity index (χ4v) is 2.39. The van der Waals surface area contributed by atoms with Crippen LogP contribution < -0.4 is 11.1 Å². The Balaban J connectivity index is 2.53. The summed E-state index contributed by atoms with van der Waals surface area (Å²) in [5.41, 5.74) is 4.57. The number of piperidine rings is 1. The molecule has 1 aliphatic heterocycles. The Labute approximate surface area is 103 Å². The van der Waals surface area contributed by atoms with Gasteiger partial charge in [-0.15, -0.1) is 0 Å². The molecule has 4 N–H and O–H groups in total. The molecular weight excluding hydrogens is 218 g/mol. The van der Waals surface area contributed by atoms with Gasteiger partial charge in [-0.2, -0.15) is 0 Å². The molecule has 0 aromatic rings. The summed E-state index contributed by atoms with van der Waals surface area (Å²) < 4.78 is 0. The van der Waals surface area contributed by atoms with Crippen molar-refractivity contribution in [3.8, 4) is 0 Å². The third-order valence-corrected chi connectivity index (χ3v) is 3.05. The summed E-state index contributed by atoms with van der Waals surface area (Å²) in [6.07, 6.45) is 1.47. The molecule has 5 nitrogen and oxygen atoms in total. The highest BCUT2D eigenvalue weighted by Gasteiger charge is 2.31. The van der Waals surface area contributed by atoms with Gasteiger partial charge in [0.15, 0.2) is 0 Å². The van der Waals surface area contributed by atoms with Crippen molar-refractivity contribution in [1.29, 1.82) is 0 Å². The lowest BCUT2D eigenvalue weighted by Crippen LogP contribution is -2.51. The Hall–Kier alpha value is -0.650. The number of nitrogens with zero attached hydrogens (tertiary/aromatic N) is 1. The molecule has 0 aromatic heterocycles. The van der Waals surface area contributed by atoms with E-state index in [-0.39, 0.29) is 12.5 Å². The molecule has 1 aliphatic rings. The lowest BCUT2D eigenvalue weighted by atomic mass is 9.91. The highest BCUT2D eigenvalue weighted by molar-refractivity contribution is 5.75. The van der Waals surface area contributed by atoms with Crippen LogP contribution in [0.4, 0.5) is 0 Å². The van der Waals surface area contributed by atoms with Crippen LogP contribution in [-0.4, -0.2) is 54.2 Å². The lowest BCUT2D eigenvalue weighted by molar-refractivity contribution is -0.120. The maximum Gasteiger partial charge on any atom is 0.231 e. The van der Waals surface area contributed by atoms with E-state index in [1.54, 1.807) is 0 Å². The largest absolute Gasteiger partial charge is 0.388 e. The van der Waals surface area contributed by atoms with Crippen molar-refractivity contribution in [2.45, 2.75) is 32.3 Å². The van der Waals surface area contributed by atoms with Crippen LogP contribution in [0.2, 0.25) is 0 Å². The number of aliphatic hydroxyl groups is 1. The first-order valence-electron chi connectivity index (χ1n) is 6.35. The molecule has 0 spiro atoms. The second kappa shape index (κ2) is 6.33. The Morgan fingerprint density at radius 1 is 1.47 bits per heavy atom. The van der Waals surface area contributed by atoms with E-state index >= 15 is 0 Å². The molecule has 0 radical (unpaired) electrons. The maximum absolute atomic E-state index is 11.0. The Kier molecular flexibility index (Phi) is 5.36. The molecule has 0 bridgehead atoms. The molecule has 100 valence electrons. The van der Waals surface area contributed by atoms with Crippen LogP contribution in [0.15, 0.2) is 0 Å². The van der Waals surface area contributed by atoms with Gasteiger partial charge in [-0.1, -0.05) is 13.8 Å². The van der Waals surface area contributed by atoms with Gasteiger partial charge in [-0.05, 0) is 31.8 Å². The highest BCUT2D eigenvalue weighted by atomic mass is 16.3. The minimum absolute atomic E-state index is 0.230. The van der Waals surface area contributed by atoms with Gasteiger partial charge >= 0.3 is 0 Å². The van der Waals surface area contributed by atoms with E-state index in [4.69, 9.17) is 5.73 Å². The monoisotopic (exact) mass is 243 g/mol. The van der Waals surface area contributed by atoms with E-state index in [0.717, 1.165) is 32.5 Å². The molecule has 0 aliphatic carbocycles. The number of primary amides is 1. The number of nitrogens with two attached hydrogens (primary N) is 1. The van der Waals surface area contributed by atoms with Crippen molar-refractivity contribution < 1.29 is 9.90 Å². The predicted molar refractivity (Wildman–Crippen MR) is 67.5 cm³/mol. The van der Waals surface area contributed by atoms with Gasteiger partial charge in [0.05, 0.1) is 12.1 Å². The number of carbonyl (C=O) groups excluding carboxylic acids is 1. The summed E-state index contributed by atoms with van der Waals surface area (Å²) in [7, 11) is 0. The zero-order chi connectivity index (χ0) is 12.9. The van der Waals surface area contributed by atoms with Crippen molar-refractivity contribution >= 4 is 5.91 Å². The van der Waals surface area contributed by atoms with Crippen LogP contribution in [0.1, 0.15) is 26.7 Å². The first-order chi connectivity index (χ1) is 7.91. The highest BCUT2D eigenvalue weighted by Crippen LogP contribution is 2.19. The summed E-state index contributed by atoms with van der Waals surface area (Å²) >= 11 is 0. The average Bonchev–Trinajstić information content (AvgIpc) is 2.15. The summed E-state index contributed by atoms with van der Waals surface area (Å²) in [6, 6.07) is 0. The van der Waals surface area contributed by atoms with Crippen molar-refractivity contribution in [1.82, 2.24) is 10.2 Å². The van der Waals surface area contributed by atoms with Crippen LogP contribution in [-0.2, 0) is 4.79 Å². The molecule has 0 unspecified atom stereocenters. The van der Waals surface area contributed by atoms with Gasteiger partial charge < -0.3 is 16.2 Å². The SMILES string of the molecule is CC(C)CN(CC(N)=O)CC1(O)CCNCC1. The molecule has 1 saturated heterocycles. The van der Waals surface area contributed by atoms with Gasteiger partial charge in [0.2, 0.25) is 5.91 Å². The van der Waals surface area contributed by atoms with Gasteiger partial charge in [-0.25, -0.2) is 0 Å². The third-order valence-electron chi connectivity index (χ3n) is 3.05. The minimum Gasteiger partial charge on any atom is -0.388 e. The molecule has 1 amide bonds. The van der Waals surface area contributed by atoms with Crippen molar-refractivity contribution in [3.05, 3.63) is 0 Å². The normalized spacial score (nSPS) is 19.8. The molecule has 1 heterocycles.